The molecular formula is C16H9ClINO2. The van der Waals surface area contributed by atoms with Gasteiger partial charge in [0.05, 0.1) is 10.6 Å². The zero-order valence-electron chi connectivity index (χ0n) is 10.7. The number of ether oxygens (including phenoxy) is 1. The molecule has 0 saturated carbocycles. The van der Waals surface area contributed by atoms with Crippen LogP contribution in [0.25, 0.3) is 6.08 Å². The van der Waals surface area contributed by atoms with E-state index in [0.717, 1.165) is 9.13 Å². The standard InChI is InChI=1S/C16H9ClINO2/c17-13-4-2-1-3-12(13)15-19-14(16(20)21-15)9-10-5-7-11(18)8-6-10/h1-9H/b14-9-. The molecule has 0 atom stereocenters. The maximum Gasteiger partial charge on any atom is 0.363 e. The van der Waals surface area contributed by atoms with Gasteiger partial charge in [-0.05, 0) is 58.5 Å². The van der Waals surface area contributed by atoms with E-state index < -0.39 is 5.97 Å². The third-order valence-electron chi connectivity index (χ3n) is 2.90. The maximum atomic E-state index is 11.9. The van der Waals surface area contributed by atoms with E-state index in [0.29, 0.717) is 10.6 Å². The van der Waals surface area contributed by atoms with Gasteiger partial charge in [0.1, 0.15) is 0 Å². The fraction of sp³-hybridized carbons (Fsp3) is 0. The van der Waals surface area contributed by atoms with Gasteiger partial charge in [0.15, 0.2) is 5.70 Å². The Hall–Kier alpha value is -1.66. The lowest BCUT2D eigenvalue weighted by Gasteiger charge is -2.00. The third-order valence-corrected chi connectivity index (χ3v) is 3.95. The van der Waals surface area contributed by atoms with Gasteiger partial charge < -0.3 is 4.74 Å². The summed E-state index contributed by atoms with van der Waals surface area (Å²) in [5.74, 6) is -0.231. The first-order valence-electron chi connectivity index (χ1n) is 6.16. The van der Waals surface area contributed by atoms with Crippen LogP contribution in [0.2, 0.25) is 5.02 Å². The van der Waals surface area contributed by atoms with Crippen molar-refractivity contribution < 1.29 is 9.53 Å². The fourth-order valence-corrected chi connectivity index (χ4v) is 2.45. The summed E-state index contributed by atoms with van der Waals surface area (Å²) in [6.07, 6.45) is 1.70. The number of hydrogen-bond donors (Lipinski definition) is 0. The minimum atomic E-state index is -0.469. The Morgan fingerprint density at radius 3 is 2.52 bits per heavy atom. The van der Waals surface area contributed by atoms with E-state index in [-0.39, 0.29) is 11.6 Å². The smallest absolute Gasteiger partial charge is 0.363 e. The fourth-order valence-electron chi connectivity index (χ4n) is 1.88. The number of nitrogens with zero attached hydrogens (tertiary/aromatic N) is 1. The number of hydrogen-bond acceptors (Lipinski definition) is 3. The van der Waals surface area contributed by atoms with Gasteiger partial charge in [-0.15, -0.1) is 0 Å². The van der Waals surface area contributed by atoms with E-state index in [2.05, 4.69) is 27.6 Å². The summed E-state index contributed by atoms with van der Waals surface area (Å²) in [6, 6.07) is 14.9. The summed E-state index contributed by atoms with van der Waals surface area (Å²) >= 11 is 8.31. The largest absolute Gasteiger partial charge is 0.402 e. The Labute approximate surface area is 140 Å². The number of benzene rings is 2. The monoisotopic (exact) mass is 409 g/mol. The van der Waals surface area contributed by atoms with E-state index >= 15 is 0 Å². The maximum absolute atomic E-state index is 11.9. The molecule has 2 aromatic carbocycles. The summed E-state index contributed by atoms with van der Waals surface area (Å²) in [5.41, 5.74) is 1.77. The molecule has 0 N–H and O–H groups in total. The Morgan fingerprint density at radius 2 is 1.81 bits per heavy atom. The average Bonchev–Trinajstić information content (AvgIpc) is 2.83. The second-order valence-electron chi connectivity index (χ2n) is 4.37. The molecule has 1 heterocycles. The van der Waals surface area contributed by atoms with Crippen LogP contribution in [0.3, 0.4) is 0 Å². The van der Waals surface area contributed by atoms with Gasteiger partial charge >= 0.3 is 5.97 Å². The van der Waals surface area contributed by atoms with Gasteiger partial charge in [-0.3, -0.25) is 0 Å². The normalized spacial score (nSPS) is 16.0. The van der Waals surface area contributed by atoms with Crippen LogP contribution in [0.1, 0.15) is 11.1 Å². The molecule has 5 heteroatoms. The summed E-state index contributed by atoms with van der Waals surface area (Å²) in [7, 11) is 0. The predicted molar refractivity (Wildman–Crippen MR) is 91.2 cm³/mol. The first kappa shape index (κ1) is 14.3. The van der Waals surface area contributed by atoms with Crippen LogP contribution in [-0.2, 0) is 9.53 Å². The van der Waals surface area contributed by atoms with Gasteiger partial charge in [-0.25, -0.2) is 9.79 Å². The first-order chi connectivity index (χ1) is 10.1. The summed E-state index contributed by atoms with van der Waals surface area (Å²) in [5, 5.41) is 0.500. The molecular weight excluding hydrogens is 401 g/mol. The van der Waals surface area contributed by atoms with Crippen molar-refractivity contribution in [3.8, 4) is 0 Å². The molecule has 2 aromatic rings. The highest BCUT2D eigenvalue weighted by Crippen LogP contribution is 2.23. The summed E-state index contributed by atoms with van der Waals surface area (Å²) in [4.78, 5) is 16.1. The number of halogens is 2. The first-order valence-corrected chi connectivity index (χ1v) is 7.62. The van der Waals surface area contributed by atoms with Crippen molar-refractivity contribution >= 4 is 52.1 Å². The van der Waals surface area contributed by atoms with Crippen LogP contribution in [0.5, 0.6) is 0 Å². The molecule has 0 saturated heterocycles. The Kier molecular flexibility index (Phi) is 4.07. The molecule has 0 radical (unpaired) electrons. The van der Waals surface area contributed by atoms with E-state index in [4.69, 9.17) is 16.3 Å². The molecule has 1 aliphatic heterocycles. The van der Waals surface area contributed by atoms with E-state index in [1.54, 1.807) is 18.2 Å². The minimum absolute atomic E-state index is 0.238. The number of esters is 1. The van der Waals surface area contributed by atoms with Crippen molar-refractivity contribution in [1.82, 2.24) is 0 Å². The van der Waals surface area contributed by atoms with Crippen molar-refractivity contribution in [1.29, 1.82) is 0 Å². The molecule has 0 spiro atoms. The zero-order chi connectivity index (χ0) is 14.8. The number of aliphatic imine (C=N–C) groups is 1. The van der Waals surface area contributed by atoms with Crippen LogP contribution in [0.4, 0.5) is 0 Å². The minimum Gasteiger partial charge on any atom is -0.402 e. The molecule has 21 heavy (non-hydrogen) atoms. The van der Waals surface area contributed by atoms with Crippen LogP contribution in [0, 0.1) is 3.57 Å². The summed E-state index contributed by atoms with van der Waals surface area (Å²) < 4.78 is 6.32. The van der Waals surface area contributed by atoms with Crippen LogP contribution < -0.4 is 0 Å². The quantitative estimate of drug-likeness (QED) is 0.422. The van der Waals surface area contributed by atoms with Gasteiger partial charge in [-0.2, -0.15) is 0 Å². The van der Waals surface area contributed by atoms with Crippen LogP contribution >= 0.6 is 34.2 Å². The second-order valence-corrected chi connectivity index (χ2v) is 6.02. The topological polar surface area (TPSA) is 38.7 Å². The highest BCUT2D eigenvalue weighted by molar-refractivity contribution is 14.1. The van der Waals surface area contributed by atoms with Gasteiger partial charge in [0.2, 0.25) is 5.90 Å². The Balaban J connectivity index is 1.96. The molecule has 0 fully saturated rings. The molecule has 0 amide bonds. The van der Waals surface area contributed by atoms with Crippen molar-refractivity contribution in [2.24, 2.45) is 4.99 Å². The third kappa shape index (κ3) is 3.16. The molecule has 0 bridgehead atoms. The number of carbonyl (C=O) groups excluding carboxylic acids is 1. The number of rotatable bonds is 2. The number of cyclic esters (lactones) is 1. The highest BCUT2D eigenvalue weighted by atomic mass is 127. The van der Waals surface area contributed by atoms with Gasteiger partial charge in [-0.1, -0.05) is 35.9 Å². The average molecular weight is 410 g/mol. The van der Waals surface area contributed by atoms with E-state index in [1.807, 2.05) is 36.4 Å². The lowest BCUT2D eigenvalue weighted by molar-refractivity contribution is -0.129. The highest BCUT2D eigenvalue weighted by Gasteiger charge is 2.25. The van der Waals surface area contributed by atoms with Crippen LogP contribution in [0.15, 0.2) is 59.2 Å². The van der Waals surface area contributed by atoms with E-state index in [1.165, 1.54) is 0 Å². The Bertz CT molecular complexity index is 766. The Morgan fingerprint density at radius 1 is 1.10 bits per heavy atom. The molecule has 3 nitrogen and oxygen atoms in total. The van der Waals surface area contributed by atoms with Gasteiger partial charge in [0, 0.05) is 3.57 Å². The zero-order valence-corrected chi connectivity index (χ0v) is 13.6. The van der Waals surface area contributed by atoms with Crippen molar-refractivity contribution in [3.05, 3.63) is 73.9 Å². The molecule has 3 rings (SSSR count). The molecule has 104 valence electrons. The lowest BCUT2D eigenvalue weighted by atomic mass is 10.2. The van der Waals surface area contributed by atoms with Crippen molar-refractivity contribution in [2.75, 3.05) is 0 Å². The van der Waals surface area contributed by atoms with Crippen molar-refractivity contribution in [2.45, 2.75) is 0 Å². The number of carbonyl (C=O) groups is 1. The van der Waals surface area contributed by atoms with Gasteiger partial charge in [0.25, 0.3) is 0 Å². The predicted octanol–water partition coefficient (Wildman–Crippen LogP) is 4.29. The van der Waals surface area contributed by atoms with Crippen LogP contribution in [-0.4, -0.2) is 11.9 Å². The molecule has 0 aliphatic carbocycles. The lowest BCUT2D eigenvalue weighted by Crippen LogP contribution is -2.05. The van der Waals surface area contributed by atoms with Crippen molar-refractivity contribution in [3.63, 3.8) is 0 Å². The van der Waals surface area contributed by atoms with E-state index in [9.17, 15) is 4.79 Å². The molecule has 1 aliphatic rings. The summed E-state index contributed by atoms with van der Waals surface area (Å²) in [6.45, 7) is 0. The molecule has 0 unspecified atom stereocenters. The molecule has 0 aromatic heterocycles. The SMILES string of the molecule is O=C1OC(c2ccccc2Cl)=N/C1=C\c1ccc(I)cc1. The second kappa shape index (κ2) is 5.99.